The molecule has 0 aliphatic carbocycles. The zero-order chi connectivity index (χ0) is 22.6. The highest BCUT2D eigenvalue weighted by Crippen LogP contribution is 2.28. The van der Waals surface area contributed by atoms with Crippen LogP contribution in [0.1, 0.15) is 98.5 Å². The van der Waals surface area contributed by atoms with Crippen LogP contribution in [0.5, 0.6) is 0 Å². The van der Waals surface area contributed by atoms with E-state index in [0.717, 1.165) is 31.5 Å². The fourth-order valence-electron chi connectivity index (χ4n) is 4.08. The summed E-state index contributed by atoms with van der Waals surface area (Å²) in [5, 5.41) is 3.98. The van der Waals surface area contributed by atoms with Gasteiger partial charge in [0, 0.05) is 18.1 Å². The maximum atomic E-state index is 13.5. The van der Waals surface area contributed by atoms with Crippen molar-refractivity contribution in [3.8, 4) is 0 Å². The van der Waals surface area contributed by atoms with E-state index in [1.165, 1.54) is 38.5 Å². The number of halogens is 1. The van der Waals surface area contributed by atoms with Crippen LogP contribution in [-0.4, -0.2) is 24.0 Å². The van der Waals surface area contributed by atoms with Crippen molar-refractivity contribution in [2.45, 2.75) is 98.4 Å². The van der Waals surface area contributed by atoms with E-state index in [0.29, 0.717) is 16.9 Å². The van der Waals surface area contributed by atoms with Gasteiger partial charge in [0.15, 0.2) is 0 Å². The molecule has 4 heteroatoms. The summed E-state index contributed by atoms with van der Waals surface area (Å²) in [5.41, 5.74) is 0.431. The standard InChI is InChI=1S/C26H45ClN2O/c1-7-11-15-21(9-3)19-29(20-22(10-4)16-12-8-2)25(30)28-26(5,6)23-17-13-14-18-24(23)27/h13-14,17-18,21-22H,7-12,15-16,19-20H2,1-6H3,(H,28,30). The Labute approximate surface area is 191 Å². The van der Waals surface area contributed by atoms with Crippen LogP contribution >= 0.6 is 11.6 Å². The first-order valence-electron chi connectivity index (χ1n) is 12.1. The minimum Gasteiger partial charge on any atom is -0.329 e. The summed E-state index contributed by atoms with van der Waals surface area (Å²) in [4.78, 5) is 15.6. The lowest BCUT2D eigenvalue weighted by Gasteiger charge is -2.35. The van der Waals surface area contributed by atoms with E-state index in [9.17, 15) is 4.79 Å². The van der Waals surface area contributed by atoms with Crippen molar-refractivity contribution in [3.05, 3.63) is 34.9 Å². The number of nitrogens with one attached hydrogen (secondary N) is 1. The largest absolute Gasteiger partial charge is 0.329 e. The fourth-order valence-corrected chi connectivity index (χ4v) is 4.45. The van der Waals surface area contributed by atoms with Crippen LogP contribution in [0, 0.1) is 11.8 Å². The van der Waals surface area contributed by atoms with E-state index in [4.69, 9.17) is 11.6 Å². The van der Waals surface area contributed by atoms with Crippen LogP contribution in [0.4, 0.5) is 4.79 Å². The number of carbonyl (C=O) groups is 1. The Hall–Kier alpha value is -1.22. The summed E-state index contributed by atoms with van der Waals surface area (Å²) in [6.45, 7) is 14.7. The molecular weight excluding hydrogens is 392 g/mol. The minimum atomic E-state index is -0.524. The molecule has 0 saturated heterocycles. The van der Waals surface area contributed by atoms with E-state index >= 15 is 0 Å². The first kappa shape index (κ1) is 26.8. The van der Waals surface area contributed by atoms with Crippen molar-refractivity contribution >= 4 is 17.6 Å². The van der Waals surface area contributed by atoms with Gasteiger partial charge in [-0.25, -0.2) is 4.79 Å². The van der Waals surface area contributed by atoms with E-state index in [2.05, 4.69) is 37.9 Å². The molecule has 1 N–H and O–H groups in total. The van der Waals surface area contributed by atoms with Crippen LogP contribution in [0.25, 0.3) is 0 Å². The Morgan fingerprint density at radius 3 is 1.90 bits per heavy atom. The molecule has 1 aromatic rings. The average molecular weight is 437 g/mol. The zero-order valence-corrected chi connectivity index (χ0v) is 21.0. The van der Waals surface area contributed by atoms with Crippen molar-refractivity contribution < 1.29 is 4.79 Å². The van der Waals surface area contributed by atoms with Crippen molar-refractivity contribution in [1.82, 2.24) is 10.2 Å². The van der Waals surface area contributed by atoms with Crippen molar-refractivity contribution in [3.63, 3.8) is 0 Å². The lowest BCUT2D eigenvalue weighted by atomic mass is 9.93. The SMILES string of the molecule is CCCCC(CC)CN(CC(CC)CCCC)C(=O)NC(C)(C)c1ccccc1Cl. The highest BCUT2D eigenvalue weighted by Gasteiger charge is 2.29. The van der Waals surface area contributed by atoms with Gasteiger partial charge in [0.2, 0.25) is 0 Å². The molecule has 2 atom stereocenters. The van der Waals surface area contributed by atoms with Gasteiger partial charge in [-0.1, -0.05) is 96.0 Å². The molecule has 0 aromatic heterocycles. The average Bonchev–Trinajstić information content (AvgIpc) is 2.72. The van der Waals surface area contributed by atoms with Crippen molar-refractivity contribution in [2.75, 3.05) is 13.1 Å². The van der Waals surface area contributed by atoms with Crippen LogP contribution < -0.4 is 5.32 Å². The third-order valence-corrected chi connectivity index (χ3v) is 6.63. The van der Waals surface area contributed by atoms with Crippen molar-refractivity contribution in [1.29, 1.82) is 0 Å². The smallest absolute Gasteiger partial charge is 0.318 e. The quantitative estimate of drug-likeness (QED) is 0.314. The van der Waals surface area contributed by atoms with Gasteiger partial charge < -0.3 is 10.2 Å². The third-order valence-electron chi connectivity index (χ3n) is 6.30. The molecule has 1 rings (SSSR count). The highest BCUT2D eigenvalue weighted by molar-refractivity contribution is 6.31. The lowest BCUT2D eigenvalue weighted by Crippen LogP contribution is -2.51. The lowest BCUT2D eigenvalue weighted by molar-refractivity contribution is 0.160. The molecule has 0 heterocycles. The molecule has 1 aromatic carbocycles. The number of carbonyl (C=O) groups excluding carboxylic acids is 1. The molecule has 0 radical (unpaired) electrons. The topological polar surface area (TPSA) is 32.3 Å². The van der Waals surface area contributed by atoms with Crippen LogP contribution in [0.3, 0.4) is 0 Å². The Morgan fingerprint density at radius 1 is 0.967 bits per heavy atom. The van der Waals surface area contributed by atoms with E-state index < -0.39 is 5.54 Å². The molecule has 0 saturated carbocycles. The summed E-state index contributed by atoms with van der Waals surface area (Å²) in [6.07, 6.45) is 9.48. The fraction of sp³-hybridized carbons (Fsp3) is 0.731. The second-order valence-electron chi connectivity index (χ2n) is 9.27. The zero-order valence-electron chi connectivity index (χ0n) is 20.3. The number of hydrogen-bond donors (Lipinski definition) is 1. The van der Waals surface area contributed by atoms with Crippen LogP contribution in [0.15, 0.2) is 24.3 Å². The number of urea groups is 1. The summed E-state index contributed by atoms with van der Waals surface area (Å²) >= 11 is 6.43. The molecule has 0 aliphatic rings. The second kappa shape index (κ2) is 14.0. The summed E-state index contributed by atoms with van der Waals surface area (Å²) in [6, 6.07) is 7.82. The summed E-state index contributed by atoms with van der Waals surface area (Å²) < 4.78 is 0. The molecule has 0 aliphatic heterocycles. The number of unbranched alkanes of at least 4 members (excludes halogenated alkanes) is 2. The number of rotatable bonds is 14. The molecule has 2 amide bonds. The van der Waals surface area contributed by atoms with Crippen LogP contribution in [-0.2, 0) is 5.54 Å². The number of benzene rings is 1. The predicted octanol–water partition coefficient (Wildman–Crippen LogP) is 8.02. The number of nitrogens with zero attached hydrogens (tertiary/aromatic N) is 1. The molecule has 172 valence electrons. The van der Waals surface area contributed by atoms with Crippen molar-refractivity contribution in [2.24, 2.45) is 11.8 Å². The van der Waals surface area contributed by atoms with Crippen LogP contribution in [0.2, 0.25) is 5.02 Å². The van der Waals surface area contributed by atoms with Gasteiger partial charge in [-0.3, -0.25) is 0 Å². The number of hydrogen-bond acceptors (Lipinski definition) is 1. The predicted molar refractivity (Wildman–Crippen MR) is 131 cm³/mol. The molecule has 0 fully saturated rings. The van der Waals surface area contributed by atoms with E-state index in [1.54, 1.807) is 0 Å². The van der Waals surface area contributed by atoms with Gasteiger partial charge >= 0.3 is 6.03 Å². The molecule has 30 heavy (non-hydrogen) atoms. The second-order valence-corrected chi connectivity index (χ2v) is 9.68. The maximum Gasteiger partial charge on any atom is 0.318 e. The number of amides is 2. The Bertz CT molecular complexity index is 599. The Morgan fingerprint density at radius 2 is 1.47 bits per heavy atom. The Balaban J connectivity index is 2.99. The highest BCUT2D eigenvalue weighted by atomic mass is 35.5. The maximum absolute atomic E-state index is 13.5. The van der Waals surface area contributed by atoms with Gasteiger partial charge in [0.05, 0.1) is 5.54 Å². The van der Waals surface area contributed by atoms with E-state index in [1.807, 2.05) is 38.1 Å². The normalized spacial score (nSPS) is 13.7. The monoisotopic (exact) mass is 436 g/mol. The van der Waals surface area contributed by atoms with Gasteiger partial charge in [0.25, 0.3) is 0 Å². The first-order valence-corrected chi connectivity index (χ1v) is 12.5. The first-order chi connectivity index (χ1) is 14.3. The van der Waals surface area contributed by atoms with Gasteiger partial charge in [0.1, 0.15) is 0 Å². The molecule has 0 bridgehead atoms. The third kappa shape index (κ3) is 8.88. The molecule has 3 nitrogen and oxygen atoms in total. The van der Waals surface area contributed by atoms with Gasteiger partial charge in [-0.2, -0.15) is 0 Å². The molecule has 2 unspecified atom stereocenters. The van der Waals surface area contributed by atoms with Gasteiger partial charge in [-0.05, 0) is 50.2 Å². The minimum absolute atomic E-state index is 0.0322. The Kier molecular flexibility index (Phi) is 12.5. The molecular formula is C26H45ClN2O. The summed E-state index contributed by atoms with van der Waals surface area (Å²) in [7, 11) is 0. The molecule has 0 spiro atoms. The van der Waals surface area contributed by atoms with E-state index in [-0.39, 0.29) is 6.03 Å². The van der Waals surface area contributed by atoms with Gasteiger partial charge in [-0.15, -0.1) is 0 Å². The summed E-state index contributed by atoms with van der Waals surface area (Å²) in [5.74, 6) is 1.12.